The zero-order valence-electron chi connectivity index (χ0n) is 20.5. The van der Waals surface area contributed by atoms with Gasteiger partial charge in [0.1, 0.15) is 0 Å². The third kappa shape index (κ3) is 3.04. The van der Waals surface area contributed by atoms with E-state index in [1.165, 1.54) is 0 Å². The van der Waals surface area contributed by atoms with Crippen molar-refractivity contribution in [3.8, 4) is 5.69 Å². The minimum absolute atomic E-state index is 0.0498. The van der Waals surface area contributed by atoms with E-state index in [1.54, 1.807) is 0 Å². The van der Waals surface area contributed by atoms with E-state index in [2.05, 4.69) is 78.7 Å². The van der Waals surface area contributed by atoms with Gasteiger partial charge in [-0.15, -0.1) is 0 Å². The van der Waals surface area contributed by atoms with Crippen LogP contribution in [0.1, 0.15) is 11.1 Å². The summed E-state index contributed by atoms with van der Waals surface area (Å²) in [5.41, 5.74) is 6.86. The summed E-state index contributed by atoms with van der Waals surface area (Å²) in [6, 6.07) is 39.1. The van der Waals surface area contributed by atoms with Crippen LogP contribution < -0.4 is 5.56 Å². The first kappa shape index (κ1) is 21.4. The van der Waals surface area contributed by atoms with Crippen molar-refractivity contribution in [1.29, 1.82) is 0 Å². The molecule has 0 saturated heterocycles. The van der Waals surface area contributed by atoms with Crippen LogP contribution in [0.5, 0.6) is 0 Å². The van der Waals surface area contributed by atoms with Crippen LogP contribution in [0.4, 0.5) is 0 Å². The predicted octanol–water partition coefficient (Wildman–Crippen LogP) is 8.08. The zero-order valence-corrected chi connectivity index (χ0v) is 20.5. The fourth-order valence-corrected chi connectivity index (χ4v) is 5.78. The van der Waals surface area contributed by atoms with Gasteiger partial charge in [-0.05, 0) is 53.8 Å². The molecule has 0 saturated carbocycles. The summed E-state index contributed by atoms with van der Waals surface area (Å²) in [5.74, 6) is 0. The number of para-hydroxylation sites is 2. The Kier molecular flexibility index (Phi) is 4.67. The Morgan fingerprint density at radius 1 is 0.649 bits per heavy atom. The van der Waals surface area contributed by atoms with E-state index in [0.717, 1.165) is 54.9 Å². The highest BCUT2D eigenvalue weighted by Gasteiger charge is 2.22. The first-order valence-electron chi connectivity index (χ1n) is 12.5. The molecular formula is C34H24N2O. The first-order valence-corrected chi connectivity index (χ1v) is 12.5. The molecule has 0 bridgehead atoms. The van der Waals surface area contributed by atoms with Gasteiger partial charge in [0, 0.05) is 32.9 Å². The summed E-state index contributed by atoms with van der Waals surface area (Å²) in [6.07, 6.45) is 0. The summed E-state index contributed by atoms with van der Waals surface area (Å²) >= 11 is 0. The molecule has 0 radical (unpaired) electrons. The Hall–Kier alpha value is -4.89. The van der Waals surface area contributed by atoms with E-state index in [0.29, 0.717) is 11.1 Å². The molecule has 5 aromatic carbocycles. The number of rotatable bonds is 3. The van der Waals surface area contributed by atoms with Gasteiger partial charge in [-0.3, -0.25) is 9.36 Å². The van der Waals surface area contributed by atoms with Crippen molar-refractivity contribution in [2.45, 2.75) is 6.92 Å². The molecule has 3 nitrogen and oxygen atoms in total. The van der Waals surface area contributed by atoms with Crippen LogP contribution in [-0.2, 0) is 0 Å². The molecule has 0 aliphatic carbocycles. The minimum atomic E-state index is -0.0498. The number of aryl methyl sites for hydroxylation is 1. The van der Waals surface area contributed by atoms with E-state index >= 15 is 0 Å². The molecule has 2 heterocycles. The maximum Gasteiger partial charge on any atom is 0.263 e. The van der Waals surface area contributed by atoms with Crippen molar-refractivity contribution in [2.75, 3.05) is 0 Å². The smallest absolute Gasteiger partial charge is 0.263 e. The highest BCUT2D eigenvalue weighted by molar-refractivity contribution is 6.28. The van der Waals surface area contributed by atoms with E-state index in [1.807, 2.05) is 59.2 Å². The van der Waals surface area contributed by atoms with E-state index in [-0.39, 0.29) is 5.56 Å². The molecule has 37 heavy (non-hydrogen) atoms. The third-order valence-corrected chi connectivity index (χ3v) is 7.37. The van der Waals surface area contributed by atoms with Crippen LogP contribution >= 0.6 is 0 Å². The lowest BCUT2D eigenvalue weighted by Crippen LogP contribution is -2.21. The second-order valence-electron chi connectivity index (χ2n) is 9.50. The molecule has 0 spiro atoms. The van der Waals surface area contributed by atoms with Crippen LogP contribution in [0.15, 0.2) is 127 Å². The summed E-state index contributed by atoms with van der Waals surface area (Å²) in [4.78, 5) is 14.0. The number of aromatic nitrogens is 2. The normalized spacial score (nSPS) is 11.6. The zero-order chi connectivity index (χ0) is 25.1. The highest BCUT2D eigenvalue weighted by Crippen LogP contribution is 2.41. The lowest BCUT2D eigenvalue weighted by molar-refractivity contribution is 1.09. The Labute approximate surface area is 214 Å². The highest BCUT2D eigenvalue weighted by atomic mass is 16.1. The Balaban J connectivity index is 1.76. The van der Waals surface area contributed by atoms with Crippen LogP contribution in [0.3, 0.4) is 0 Å². The molecular weight excluding hydrogens is 452 g/mol. The molecule has 7 rings (SSSR count). The van der Waals surface area contributed by atoms with Gasteiger partial charge >= 0.3 is 0 Å². The monoisotopic (exact) mass is 476 g/mol. The number of hydrogen-bond acceptors (Lipinski definition) is 1. The number of nitrogens with zero attached hydrogens (tertiary/aromatic N) is 2. The van der Waals surface area contributed by atoms with Crippen molar-refractivity contribution >= 4 is 49.2 Å². The predicted molar refractivity (Wildman–Crippen MR) is 156 cm³/mol. The van der Waals surface area contributed by atoms with Gasteiger partial charge in [0.15, 0.2) is 0 Å². The Morgan fingerprint density at radius 2 is 1.24 bits per heavy atom. The lowest BCUT2D eigenvalue weighted by Gasteiger charge is -2.19. The Morgan fingerprint density at radius 3 is 1.97 bits per heavy atom. The van der Waals surface area contributed by atoms with Gasteiger partial charge in [-0.25, -0.2) is 0 Å². The quantitative estimate of drug-likeness (QED) is 0.237. The molecule has 0 aliphatic rings. The molecule has 2 aromatic heterocycles. The minimum Gasteiger partial charge on any atom is -0.309 e. The van der Waals surface area contributed by atoms with E-state index < -0.39 is 0 Å². The third-order valence-electron chi connectivity index (χ3n) is 7.37. The van der Waals surface area contributed by atoms with Gasteiger partial charge in [0.2, 0.25) is 0 Å². The van der Waals surface area contributed by atoms with Gasteiger partial charge in [0.05, 0.1) is 16.6 Å². The summed E-state index contributed by atoms with van der Waals surface area (Å²) in [7, 11) is 0. The molecule has 176 valence electrons. The fourth-order valence-electron chi connectivity index (χ4n) is 5.78. The Bertz CT molecular complexity index is 2060. The molecule has 0 unspecified atom stereocenters. The molecule has 0 fully saturated rings. The molecule has 0 N–H and O–H groups in total. The van der Waals surface area contributed by atoms with E-state index in [4.69, 9.17) is 0 Å². The summed E-state index contributed by atoms with van der Waals surface area (Å²) < 4.78 is 4.14. The van der Waals surface area contributed by atoms with Gasteiger partial charge in [-0.1, -0.05) is 91.5 Å². The summed E-state index contributed by atoms with van der Waals surface area (Å²) in [6.45, 7) is 6.50. The maximum absolute atomic E-state index is 14.0. The first-order chi connectivity index (χ1) is 18.1. The second-order valence-corrected chi connectivity index (χ2v) is 9.50. The number of benzene rings is 5. The lowest BCUT2D eigenvalue weighted by atomic mass is 9.97. The van der Waals surface area contributed by atoms with Crippen molar-refractivity contribution < 1.29 is 0 Å². The van der Waals surface area contributed by atoms with Crippen molar-refractivity contribution in [3.05, 3.63) is 143 Å². The van der Waals surface area contributed by atoms with Crippen LogP contribution in [0.25, 0.3) is 54.9 Å². The van der Waals surface area contributed by atoms with E-state index in [9.17, 15) is 4.79 Å². The van der Waals surface area contributed by atoms with Gasteiger partial charge < -0.3 is 4.57 Å². The largest absolute Gasteiger partial charge is 0.309 e. The molecule has 3 heteroatoms. The number of pyridine rings is 1. The topological polar surface area (TPSA) is 26.9 Å². The molecule has 0 amide bonds. The standard InChI is InChI=1S/C34H24N2O/c1-22-21-30-31(28-19-11-12-20-29(28)36(30)25-15-7-4-8-16-25)32-26-17-9-10-18-27(26)34(37)35(33(22)32)23(2)24-13-5-3-6-14-24/h3-21H,2H2,1H3. The average Bonchev–Trinajstić information content (AvgIpc) is 3.27. The van der Waals surface area contributed by atoms with Crippen LogP contribution in [-0.4, -0.2) is 9.13 Å². The van der Waals surface area contributed by atoms with Crippen LogP contribution in [0, 0.1) is 6.92 Å². The second kappa shape index (κ2) is 8.07. The molecule has 7 aromatic rings. The average molecular weight is 477 g/mol. The van der Waals surface area contributed by atoms with Gasteiger partial charge in [-0.2, -0.15) is 0 Å². The SMILES string of the molecule is C=C(c1ccccc1)n1c(=O)c2ccccc2c2c3c4ccccc4n(-c4ccccc4)c3cc(C)c21. The van der Waals surface area contributed by atoms with Crippen LogP contribution in [0.2, 0.25) is 0 Å². The van der Waals surface area contributed by atoms with Crippen molar-refractivity contribution in [3.63, 3.8) is 0 Å². The van der Waals surface area contributed by atoms with Crippen molar-refractivity contribution in [1.82, 2.24) is 9.13 Å². The fraction of sp³-hybridized carbons (Fsp3) is 0.0294. The maximum atomic E-state index is 14.0. The number of fused-ring (bicyclic) bond motifs is 7. The number of hydrogen-bond donors (Lipinski definition) is 0. The molecule has 0 atom stereocenters. The summed E-state index contributed by atoms with van der Waals surface area (Å²) in [5, 5.41) is 5.03. The molecule has 0 aliphatic heterocycles. The van der Waals surface area contributed by atoms with Crippen molar-refractivity contribution in [2.24, 2.45) is 0 Å². The van der Waals surface area contributed by atoms with Gasteiger partial charge in [0.25, 0.3) is 5.56 Å².